The standard InChI is InChI=1S/C18H25N3O2S/c1-13-9-17(15(3)23-13)14(2)18(22)21-6-4-5-20(7-8-21)10-16-11-24-12-19-16/h9,11-12,14H,4-8,10H2,1-3H3/t14-/m1/s1. The van der Waals surface area contributed by atoms with Gasteiger partial charge in [-0.3, -0.25) is 9.69 Å². The molecule has 0 saturated carbocycles. The van der Waals surface area contributed by atoms with Gasteiger partial charge in [-0.05, 0) is 33.3 Å². The van der Waals surface area contributed by atoms with E-state index in [2.05, 4.69) is 15.3 Å². The van der Waals surface area contributed by atoms with Gasteiger partial charge >= 0.3 is 0 Å². The Morgan fingerprint density at radius 3 is 2.83 bits per heavy atom. The molecule has 3 heterocycles. The first-order chi connectivity index (χ1) is 11.5. The molecular formula is C18H25N3O2S. The predicted octanol–water partition coefficient (Wildman–Crippen LogP) is 3.19. The van der Waals surface area contributed by atoms with Crippen LogP contribution in [0.1, 0.15) is 42.0 Å². The van der Waals surface area contributed by atoms with Gasteiger partial charge in [-0.25, -0.2) is 4.98 Å². The van der Waals surface area contributed by atoms with Crippen molar-refractivity contribution in [2.75, 3.05) is 26.2 Å². The van der Waals surface area contributed by atoms with E-state index in [9.17, 15) is 4.79 Å². The lowest BCUT2D eigenvalue weighted by molar-refractivity contribution is -0.132. The zero-order valence-electron chi connectivity index (χ0n) is 14.6. The molecule has 0 aromatic carbocycles. The van der Waals surface area contributed by atoms with Crippen molar-refractivity contribution in [3.05, 3.63) is 39.7 Å². The molecule has 1 aliphatic heterocycles. The highest BCUT2D eigenvalue weighted by Crippen LogP contribution is 2.25. The van der Waals surface area contributed by atoms with E-state index in [1.54, 1.807) is 11.3 Å². The van der Waals surface area contributed by atoms with Crippen LogP contribution in [0.2, 0.25) is 0 Å². The molecule has 2 aromatic heterocycles. The number of hydrogen-bond donors (Lipinski definition) is 0. The molecule has 24 heavy (non-hydrogen) atoms. The second-order valence-corrected chi connectivity index (χ2v) is 7.24. The molecule has 6 heteroatoms. The summed E-state index contributed by atoms with van der Waals surface area (Å²) in [6.07, 6.45) is 1.01. The number of carbonyl (C=O) groups is 1. The summed E-state index contributed by atoms with van der Waals surface area (Å²) in [5.74, 6) is 1.78. The van der Waals surface area contributed by atoms with Gasteiger partial charge in [0.15, 0.2) is 0 Å². The fraction of sp³-hybridized carbons (Fsp3) is 0.556. The number of nitrogens with zero attached hydrogens (tertiary/aromatic N) is 3. The summed E-state index contributed by atoms with van der Waals surface area (Å²) < 4.78 is 5.59. The van der Waals surface area contributed by atoms with Gasteiger partial charge in [-0.1, -0.05) is 0 Å². The van der Waals surface area contributed by atoms with Crippen molar-refractivity contribution in [2.24, 2.45) is 0 Å². The van der Waals surface area contributed by atoms with E-state index in [-0.39, 0.29) is 11.8 Å². The number of aryl methyl sites for hydroxylation is 2. The molecule has 0 bridgehead atoms. The maximum Gasteiger partial charge on any atom is 0.230 e. The number of amides is 1. The van der Waals surface area contributed by atoms with Gasteiger partial charge in [0.05, 0.1) is 17.1 Å². The van der Waals surface area contributed by atoms with E-state index >= 15 is 0 Å². The van der Waals surface area contributed by atoms with Gasteiger partial charge in [0.25, 0.3) is 0 Å². The van der Waals surface area contributed by atoms with Crippen LogP contribution in [0.3, 0.4) is 0 Å². The topological polar surface area (TPSA) is 49.6 Å². The van der Waals surface area contributed by atoms with Crippen LogP contribution < -0.4 is 0 Å². The van der Waals surface area contributed by atoms with Crippen molar-refractivity contribution in [2.45, 2.75) is 39.7 Å². The number of thiazole rings is 1. The Balaban J connectivity index is 1.60. The molecule has 130 valence electrons. The summed E-state index contributed by atoms with van der Waals surface area (Å²) >= 11 is 1.63. The second-order valence-electron chi connectivity index (χ2n) is 6.53. The summed E-state index contributed by atoms with van der Waals surface area (Å²) in [6.45, 7) is 10.2. The molecule has 0 aliphatic carbocycles. The van der Waals surface area contributed by atoms with E-state index in [0.717, 1.165) is 61.9 Å². The highest BCUT2D eigenvalue weighted by molar-refractivity contribution is 7.07. The molecule has 1 fully saturated rings. The Kier molecular flexibility index (Phi) is 5.36. The van der Waals surface area contributed by atoms with Crippen LogP contribution in [0.15, 0.2) is 21.4 Å². The molecule has 1 atom stereocenters. The van der Waals surface area contributed by atoms with Crippen molar-refractivity contribution in [3.8, 4) is 0 Å². The minimum Gasteiger partial charge on any atom is -0.466 e. The summed E-state index contributed by atoms with van der Waals surface area (Å²) in [6, 6.07) is 1.99. The van der Waals surface area contributed by atoms with Crippen LogP contribution in [-0.2, 0) is 11.3 Å². The largest absolute Gasteiger partial charge is 0.466 e. The molecule has 1 saturated heterocycles. The Morgan fingerprint density at radius 2 is 2.17 bits per heavy atom. The van der Waals surface area contributed by atoms with Crippen molar-refractivity contribution < 1.29 is 9.21 Å². The highest BCUT2D eigenvalue weighted by atomic mass is 32.1. The number of hydrogen-bond acceptors (Lipinski definition) is 5. The maximum atomic E-state index is 12.9. The van der Waals surface area contributed by atoms with E-state index in [4.69, 9.17) is 4.42 Å². The third-order valence-corrected chi connectivity index (χ3v) is 5.32. The monoisotopic (exact) mass is 347 g/mol. The lowest BCUT2D eigenvalue weighted by Crippen LogP contribution is -2.37. The maximum absolute atomic E-state index is 12.9. The number of furan rings is 1. The predicted molar refractivity (Wildman–Crippen MR) is 95.2 cm³/mol. The van der Waals surface area contributed by atoms with Gasteiger partial charge in [0, 0.05) is 43.7 Å². The Hall–Kier alpha value is -1.66. The van der Waals surface area contributed by atoms with Crippen LogP contribution in [0.25, 0.3) is 0 Å². The average molecular weight is 347 g/mol. The molecule has 2 aromatic rings. The summed E-state index contributed by atoms with van der Waals surface area (Å²) in [5, 5.41) is 2.10. The molecule has 0 N–H and O–H groups in total. The van der Waals surface area contributed by atoms with Gasteiger partial charge in [-0.15, -0.1) is 11.3 Å². The minimum atomic E-state index is -0.146. The first-order valence-corrected chi connectivity index (χ1v) is 9.44. The smallest absolute Gasteiger partial charge is 0.230 e. The normalized spacial score (nSPS) is 17.7. The lowest BCUT2D eigenvalue weighted by Gasteiger charge is -2.24. The van der Waals surface area contributed by atoms with Gasteiger partial charge in [0.2, 0.25) is 5.91 Å². The highest BCUT2D eigenvalue weighted by Gasteiger charge is 2.26. The van der Waals surface area contributed by atoms with Gasteiger partial charge < -0.3 is 9.32 Å². The van der Waals surface area contributed by atoms with Crippen molar-refractivity contribution >= 4 is 17.2 Å². The van der Waals surface area contributed by atoms with Crippen LogP contribution in [-0.4, -0.2) is 46.9 Å². The molecule has 1 amide bonds. The van der Waals surface area contributed by atoms with Crippen molar-refractivity contribution in [3.63, 3.8) is 0 Å². The average Bonchev–Trinajstić information content (AvgIpc) is 3.10. The van der Waals surface area contributed by atoms with Crippen LogP contribution in [0.5, 0.6) is 0 Å². The zero-order chi connectivity index (χ0) is 17.1. The molecule has 3 rings (SSSR count). The molecule has 5 nitrogen and oxygen atoms in total. The summed E-state index contributed by atoms with van der Waals surface area (Å²) in [7, 11) is 0. The second kappa shape index (κ2) is 7.49. The number of carbonyl (C=O) groups excluding carboxylic acids is 1. The Labute approximate surface area is 147 Å². The molecule has 0 spiro atoms. The minimum absolute atomic E-state index is 0.146. The lowest BCUT2D eigenvalue weighted by atomic mass is 10.00. The summed E-state index contributed by atoms with van der Waals surface area (Å²) in [4.78, 5) is 21.6. The SMILES string of the molecule is Cc1cc([C@@H](C)C(=O)N2CCCN(Cc3cscn3)CC2)c(C)o1. The van der Waals surface area contributed by atoms with Crippen LogP contribution in [0, 0.1) is 13.8 Å². The zero-order valence-corrected chi connectivity index (χ0v) is 15.4. The first kappa shape index (κ1) is 17.2. The van der Waals surface area contributed by atoms with Crippen LogP contribution in [0.4, 0.5) is 0 Å². The van der Waals surface area contributed by atoms with E-state index in [1.807, 2.05) is 37.2 Å². The van der Waals surface area contributed by atoms with Crippen LogP contribution >= 0.6 is 11.3 Å². The third kappa shape index (κ3) is 3.87. The fourth-order valence-corrected chi connectivity index (χ4v) is 3.93. The molecule has 1 aliphatic rings. The Bertz CT molecular complexity index is 681. The van der Waals surface area contributed by atoms with Crippen molar-refractivity contribution in [1.82, 2.24) is 14.8 Å². The molecule has 0 radical (unpaired) electrons. The van der Waals surface area contributed by atoms with Crippen molar-refractivity contribution in [1.29, 1.82) is 0 Å². The summed E-state index contributed by atoms with van der Waals surface area (Å²) in [5.41, 5.74) is 4.01. The van der Waals surface area contributed by atoms with Gasteiger partial charge in [-0.2, -0.15) is 0 Å². The quantitative estimate of drug-likeness (QED) is 0.852. The number of aromatic nitrogens is 1. The third-order valence-electron chi connectivity index (χ3n) is 4.69. The molecular weight excluding hydrogens is 322 g/mol. The first-order valence-electron chi connectivity index (χ1n) is 8.49. The Morgan fingerprint density at radius 1 is 1.33 bits per heavy atom. The van der Waals surface area contributed by atoms with Gasteiger partial charge in [0.1, 0.15) is 11.5 Å². The van der Waals surface area contributed by atoms with E-state index in [1.165, 1.54) is 0 Å². The van der Waals surface area contributed by atoms with E-state index in [0.29, 0.717) is 0 Å². The van der Waals surface area contributed by atoms with E-state index < -0.39 is 0 Å². The molecule has 0 unspecified atom stereocenters. The fourth-order valence-electron chi connectivity index (χ4n) is 3.38. The number of rotatable bonds is 4.